The monoisotopic (exact) mass is 518 g/mol. The molecule has 180 valence electrons. The lowest BCUT2D eigenvalue weighted by molar-refractivity contribution is -0.0785. The topological polar surface area (TPSA) is 36.9 Å². The van der Waals surface area contributed by atoms with Gasteiger partial charge in [-0.15, -0.1) is 11.3 Å². The third-order valence-corrected chi connectivity index (χ3v) is 8.25. The number of hydrogen-bond acceptors (Lipinski definition) is 5. The van der Waals surface area contributed by atoms with Gasteiger partial charge in [-0.1, -0.05) is 66.2 Å². The molecule has 1 aromatic rings. The second kappa shape index (κ2) is 14.8. The number of unbranched alkanes of at least 4 members (excludes halogenated alkanes) is 2. The van der Waals surface area contributed by atoms with Crippen molar-refractivity contribution in [1.82, 2.24) is 0 Å². The van der Waals surface area contributed by atoms with Gasteiger partial charge in [-0.3, -0.25) is 0 Å². The molecule has 2 heterocycles. The van der Waals surface area contributed by atoms with E-state index in [9.17, 15) is 0 Å². The minimum absolute atomic E-state index is 0.220. The Bertz CT molecular complexity index is 572. The van der Waals surface area contributed by atoms with Crippen LogP contribution < -0.4 is 9.47 Å². The summed E-state index contributed by atoms with van der Waals surface area (Å²) in [7, 11) is 0. The van der Waals surface area contributed by atoms with Crippen LogP contribution in [-0.4, -0.2) is 38.0 Å². The summed E-state index contributed by atoms with van der Waals surface area (Å²) in [6.45, 7) is 12.2. The Morgan fingerprint density at radius 1 is 0.968 bits per heavy atom. The zero-order valence-electron chi connectivity index (χ0n) is 20.0. The Hall–Kier alpha value is -0.300. The summed E-state index contributed by atoms with van der Waals surface area (Å²) >= 11 is 5.41. The average molecular weight is 520 g/mol. The van der Waals surface area contributed by atoms with E-state index in [0.717, 1.165) is 37.6 Å². The molecular formula is C25H43BrO4S. The molecule has 0 fully saturated rings. The molecule has 2 rings (SSSR count). The van der Waals surface area contributed by atoms with Gasteiger partial charge in [-0.2, -0.15) is 0 Å². The van der Waals surface area contributed by atoms with Crippen LogP contribution in [0.25, 0.3) is 0 Å². The van der Waals surface area contributed by atoms with Gasteiger partial charge >= 0.3 is 0 Å². The predicted octanol–water partition coefficient (Wildman–Crippen LogP) is 7.69. The van der Waals surface area contributed by atoms with Gasteiger partial charge < -0.3 is 18.9 Å². The van der Waals surface area contributed by atoms with Crippen molar-refractivity contribution in [2.45, 2.75) is 84.1 Å². The molecule has 0 radical (unpaired) electrons. The summed E-state index contributed by atoms with van der Waals surface area (Å²) in [4.78, 5) is 0. The summed E-state index contributed by atoms with van der Waals surface area (Å²) < 4.78 is 25.0. The van der Waals surface area contributed by atoms with E-state index in [1.54, 1.807) is 11.3 Å². The first kappa shape index (κ1) is 26.9. The second-order valence-electron chi connectivity index (χ2n) is 9.05. The van der Waals surface area contributed by atoms with Crippen LogP contribution in [0.1, 0.15) is 79.1 Å². The zero-order chi connectivity index (χ0) is 22.5. The molecule has 4 nitrogen and oxygen atoms in total. The van der Waals surface area contributed by atoms with Gasteiger partial charge in [0.15, 0.2) is 16.5 Å². The van der Waals surface area contributed by atoms with Crippen molar-refractivity contribution in [1.29, 1.82) is 0 Å². The summed E-state index contributed by atoms with van der Waals surface area (Å²) in [6, 6.07) is 0. The van der Waals surface area contributed by atoms with E-state index in [-0.39, 0.29) is 10.4 Å². The molecule has 1 aliphatic rings. The average Bonchev–Trinajstić information content (AvgIpc) is 3.18. The van der Waals surface area contributed by atoms with Gasteiger partial charge in [0.1, 0.15) is 6.61 Å². The van der Waals surface area contributed by atoms with E-state index in [2.05, 4.69) is 43.6 Å². The molecule has 0 saturated carbocycles. The van der Waals surface area contributed by atoms with Crippen molar-refractivity contribution in [2.75, 3.05) is 33.0 Å². The number of hydrogen-bond donors (Lipinski definition) is 0. The summed E-state index contributed by atoms with van der Waals surface area (Å²) in [5.74, 6) is 2.84. The van der Waals surface area contributed by atoms with Crippen LogP contribution >= 0.6 is 27.3 Å². The van der Waals surface area contributed by atoms with Gasteiger partial charge in [0.05, 0.1) is 18.6 Å². The maximum absolute atomic E-state index is 6.31. The highest BCUT2D eigenvalue weighted by molar-refractivity contribution is 9.09. The maximum Gasteiger partial charge on any atom is 0.173 e. The van der Waals surface area contributed by atoms with Crippen LogP contribution in [0.3, 0.4) is 0 Å². The molecule has 31 heavy (non-hydrogen) atoms. The number of fused-ring (bicyclic) bond motifs is 1. The second-order valence-corrected chi connectivity index (χ2v) is 10.6. The van der Waals surface area contributed by atoms with Crippen molar-refractivity contribution >= 4 is 27.3 Å². The van der Waals surface area contributed by atoms with Gasteiger partial charge in [-0.05, 0) is 40.6 Å². The molecule has 6 heteroatoms. The van der Waals surface area contributed by atoms with E-state index < -0.39 is 0 Å². The van der Waals surface area contributed by atoms with Crippen LogP contribution in [0.5, 0.6) is 11.5 Å². The Morgan fingerprint density at radius 2 is 1.52 bits per heavy atom. The summed E-state index contributed by atoms with van der Waals surface area (Å²) in [5, 5.41) is 3.78. The Labute approximate surface area is 202 Å². The maximum atomic E-state index is 6.31. The quantitative estimate of drug-likeness (QED) is 0.210. The van der Waals surface area contributed by atoms with Crippen LogP contribution in [0.2, 0.25) is 0 Å². The first-order chi connectivity index (χ1) is 15.1. The summed E-state index contributed by atoms with van der Waals surface area (Å²) in [6.07, 6.45) is 9.76. The van der Waals surface area contributed by atoms with Crippen LogP contribution in [0.15, 0.2) is 10.8 Å². The van der Waals surface area contributed by atoms with Gasteiger partial charge in [-0.25, -0.2) is 0 Å². The van der Waals surface area contributed by atoms with Crippen LogP contribution in [0, 0.1) is 17.3 Å². The van der Waals surface area contributed by atoms with E-state index in [1.165, 1.54) is 38.5 Å². The number of thiophene rings is 1. The molecule has 1 aromatic heterocycles. The van der Waals surface area contributed by atoms with Gasteiger partial charge in [0.25, 0.3) is 0 Å². The van der Waals surface area contributed by atoms with E-state index in [4.69, 9.17) is 18.9 Å². The van der Waals surface area contributed by atoms with E-state index >= 15 is 0 Å². The molecule has 0 N–H and O–H groups in total. The molecule has 3 unspecified atom stereocenters. The zero-order valence-corrected chi connectivity index (χ0v) is 22.4. The standard InChI is InChI=1S/C25H43BrO4S/c1-5-9-11-20(7-3)13-27-17-25(18-28-14-21(8-4)12-10-6-2)19-29-22-15-31-16-23(22)30-24(25)26/h15-16,20-21,24H,5-14,17-19H2,1-4H3. The normalized spacial score (nSPS) is 22.8. The van der Waals surface area contributed by atoms with Crippen molar-refractivity contribution in [3.63, 3.8) is 0 Å². The largest absolute Gasteiger partial charge is 0.488 e. The Kier molecular flexibility index (Phi) is 12.8. The molecule has 0 spiro atoms. The molecule has 0 bridgehead atoms. The van der Waals surface area contributed by atoms with Gasteiger partial charge in [0.2, 0.25) is 0 Å². The SMILES string of the molecule is CCCCC(CC)COCC1(COCC(CC)CCCC)COc2cscc2OC1Br. The molecule has 0 aromatic carbocycles. The smallest absolute Gasteiger partial charge is 0.173 e. The summed E-state index contributed by atoms with van der Waals surface area (Å²) in [5.41, 5.74) is -0.386. The number of ether oxygens (including phenoxy) is 4. The fraction of sp³-hybridized carbons (Fsp3) is 0.840. The minimum Gasteiger partial charge on any atom is -0.488 e. The molecule has 0 aliphatic carbocycles. The van der Waals surface area contributed by atoms with Gasteiger partial charge in [0, 0.05) is 24.0 Å². The molecule has 0 amide bonds. The van der Waals surface area contributed by atoms with Crippen LogP contribution in [-0.2, 0) is 9.47 Å². The highest BCUT2D eigenvalue weighted by atomic mass is 79.9. The number of halogens is 1. The molecule has 0 saturated heterocycles. The van der Waals surface area contributed by atoms with Crippen LogP contribution in [0.4, 0.5) is 0 Å². The Morgan fingerprint density at radius 3 is 2.03 bits per heavy atom. The lowest BCUT2D eigenvalue weighted by atomic mass is 9.91. The fourth-order valence-corrected chi connectivity index (χ4v) is 5.17. The van der Waals surface area contributed by atoms with Crippen molar-refractivity contribution in [2.24, 2.45) is 17.3 Å². The molecule has 1 aliphatic heterocycles. The molecule has 3 atom stereocenters. The number of rotatable bonds is 16. The third kappa shape index (κ3) is 8.53. The third-order valence-electron chi connectivity index (χ3n) is 6.39. The highest BCUT2D eigenvalue weighted by Gasteiger charge is 2.44. The van der Waals surface area contributed by atoms with E-state index in [0.29, 0.717) is 31.7 Å². The Balaban J connectivity index is 2.00. The predicted molar refractivity (Wildman–Crippen MR) is 134 cm³/mol. The molecular weight excluding hydrogens is 476 g/mol. The fourth-order valence-electron chi connectivity index (χ4n) is 3.90. The lowest BCUT2D eigenvalue weighted by Crippen LogP contribution is -2.47. The number of alkyl halides is 1. The first-order valence-corrected chi connectivity index (χ1v) is 14.1. The van der Waals surface area contributed by atoms with Crippen molar-refractivity contribution in [3.8, 4) is 11.5 Å². The first-order valence-electron chi connectivity index (χ1n) is 12.2. The minimum atomic E-state index is -0.386. The van der Waals surface area contributed by atoms with Crippen molar-refractivity contribution in [3.05, 3.63) is 10.8 Å². The van der Waals surface area contributed by atoms with Crippen molar-refractivity contribution < 1.29 is 18.9 Å². The highest BCUT2D eigenvalue weighted by Crippen LogP contribution is 2.42. The van der Waals surface area contributed by atoms with E-state index in [1.807, 2.05) is 10.8 Å². The lowest BCUT2D eigenvalue weighted by Gasteiger charge is -2.35.